The number of benzene rings is 2. The molecule has 1 unspecified atom stereocenters. The van der Waals surface area contributed by atoms with Crippen LogP contribution in [0.5, 0.6) is 17.2 Å². The van der Waals surface area contributed by atoms with Crippen molar-refractivity contribution in [3.05, 3.63) is 72.8 Å². The molecule has 1 aliphatic rings. The fraction of sp³-hybridized carbons (Fsp3) is 0.318. The van der Waals surface area contributed by atoms with Crippen LogP contribution in [0.1, 0.15) is 11.9 Å². The van der Waals surface area contributed by atoms with Crippen LogP contribution in [-0.2, 0) is 7.05 Å². The number of aryl methyl sites for hydroxylation is 1. The van der Waals surface area contributed by atoms with Crippen LogP contribution < -0.4 is 14.8 Å². The van der Waals surface area contributed by atoms with Crippen molar-refractivity contribution in [2.24, 2.45) is 7.05 Å². The van der Waals surface area contributed by atoms with Crippen molar-refractivity contribution in [1.29, 1.82) is 0 Å². The second kappa shape index (κ2) is 8.91. The fourth-order valence-electron chi connectivity index (χ4n) is 3.48. The smallest absolute Gasteiger partial charge is 0.127 e. The Morgan fingerprint density at radius 3 is 2.54 bits per heavy atom. The van der Waals surface area contributed by atoms with Crippen molar-refractivity contribution < 1.29 is 9.47 Å². The maximum Gasteiger partial charge on any atom is 0.127 e. The predicted molar refractivity (Wildman–Crippen MR) is 109 cm³/mol. The van der Waals surface area contributed by atoms with Crippen LogP contribution in [-0.4, -0.2) is 47.2 Å². The third-order valence-corrected chi connectivity index (χ3v) is 4.96. The molecule has 3 aromatic rings. The molecule has 0 spiro atoms. The molecule has 1 aliphatic heterocycles. The zero-order valence-corrected chi connectivity index (χ0v) is 16.1. The Morgan fingerprint density at radius 2 is 1.79 bits per heavy atom. The summed E-state index contributed by atoms with van der Waals surface area (Å²) < 4.78 is 13.9. The SMILES string of the molecule is Cn1ccnc1C1CNCCN1CCOc1ccc(Oc2ccccc2)cc1. The Hall–Kier alpha value is -2.83. The van der Waals surface area contributed by atoms with Gasteiger partial charge in [0.1, 0.15) is 29.7 Å². The van der Waals surface area contributed by atoms with Crippen LogP contribution in [0.3, 0.4) is 0 Å². The van der Waals surface area contributed by atoms with Gasteiger partial charge in [0.15, 0.2) is 0 Å². The summed E-state index contributed by atoms with van der Waals surface area (Å²) in [6.07, 6.45) is 3.86. The number of para-hydroxylation sites is 1. The van der Waals surface area contributed by atoms with Crippen LogP contribution in [0.25, 0.3) is 0 Å². The molecule has 1 fully saturated rings. The van der Waals surface area contributed by atoms with Gasteiger partial charge in [-0.2, -0.15) is 0 Å². The molecule has 0 amide bonds. The van der Waals surface area contributed by atoms with Crippen molar-refractivity contribution >= 4 is 0 Å². The summed E-state index contributed by atoms with van der Waals surface area (Å²) in [5.74, 6) is 3.57. The molecular weight excluding hydrogens is 352 g/mol. The van der Waals surface area contributed by atoms with E-state index >= 15 is 0 Å². The Balaban J connectivity index is 1.30. The topological polar surface area (TPSA) is 51.6 Å². The van der Waals surface area contributed by atoms with Crippen molar-refractivity contribution in [2.75, 3.05) is 32.8 Å². The number of hydrogen-bond donors (Lipinski definition) is 1. The van der Waals surface area contributed by atoms with Gasteiger partial charge in [0.05, 0.1) is 6.04 Å². The largest absolute Gasteiger partial charge is 0.492 e. The summed E-state index contributed by atoms with van der Waals surface area (Å²) >= 11 is 0. The molecule has 0 saturated carbocycles. The van der Waals surface area contributed by atoms with Gasteiger partial charge in [-0.1, -0.05) is 18.2 Å². The maximum absolute atomic E-state index is 5.97. The highest BCUT2D eigenvalue weighted by molar-refractivity contribution is 5.35. The molecule has 1 atom stereocenters. The lowest BCUT2D eigenvalue weighted by Gasteiger charge is -2.35. The first-order chi connectivity index (χ1) is 13.8. The first kappa shape index (κ1) is 18.5. The molecule has 146 valence electrons. The first-order valence-electron chi connectivity index (χ1n) is 9.67. The standard InChI is InChI=1S/C22H26N4O2/c1-25-13-12-24-22(25)21-17-23-11-14-26(21)15-16-27-18-7-9-20(10-8-18)28-19-5-3-2-4-6-19/h2-10,12-13,21,23H,11,14-17H2,1H3. The van der Waals surface area contributed by atoms with Gasteiger partial charge in [0.2, 0.25) is 0 Å². The van der Waals surface area contributed by atoms with E-state index in [9.17, 15) is 0 Å². The van der Waals surface area contributed by atoms with E-state index in [0.29, 0.717) is 6.61 Å². The van der Waals surface area contributed by atoms with E-state index in [0.717, 1.165) is 49.3 Å². The lowest BCUT2D eigenvalue weighted by Crippen LogP contribution is -2.48. The number of hydrogen-bond acceptors (Lipinski definition) is 5. The van der Waals surface area contributed by atoms with Gasteiger partial charge in [-0.05, 0) is 36.4 Å². The van der Waals surface area contributed by atoms with E-state index in [4.69, 9.17) is 9.47 Å². The van der Waals surface area contributed by atoms with Crippen LogP contribution in [0.15, 0.2) is 67.0 Å². The lowest BCUT2D eigenvalue weighted by atomic mass is 10.2. The minimum atomic E-state index is 0.277. The van der Waals surface area contributed by atoms with Crippen LogP contribution in [0, 0.1) is 0 Å². The minimum absolute atomic E-state index is 0.277. The number of aromatic nitrogens is 2. The first-order valence-corrected chi connectivity index (χ1v) is 9.67. The second-order valence-corrected chi connectivity index (χ2v) is 6.89. The molecule has 6 nitrogen and oxygen atoms in total. The highest BCUT2D eigenvalue weighted by atomic mass is 16.5. The Kier molecular flexibility index (Phi) is 5.89. The van der Waals surface area contributed by atoms with Crippen molar-refractivity contribution in [3.63, 3.8) is 0 Å². The summed E-state index contributed by atoms with van der Waals surface area (Å²) in [5, 5.41) is 3.46. The molecule has 2 aromatic carbocycles. The number of ether oxygens (including phenoxy) is 2. The number of imidazole rings is 1. The average molecular weight is 378 g/mol. The number of piperazine rings is 1. The zero-order valence-electron chi connectivity index (χ0n) is 16.1. The molecule has 28 heavy (non-hydrogen) atoms. The van der Waals surface area contributed by atoms with Crippen LogP contribution >= 0.6 is 0 Å². The summed E-state index contributed by atoms with van der Waals surface area (Å²) in [4.78, 5) is 6.96. The zero-order chi connectivity index (χ0) is 19.2. The van der Waals surface area contributed by atoms with E-state index in [1.807, 2.05) is 74.0 Å². The normalized spacial score (nSPS) is 17.4. The molecule has 0 radical (unpaired) electrons. The van der Waals surface area contributed by atoms with E-state index in [1.54, 1.807) is 0 Å². The highest BCUT2D eigenvalue weighted by Gasteiger charge is 2.26. The molecule has 1 aromatic heterocycles. The van der Waals surface area contributed by atoms with E-state index in [-0.39, 0.29) is 6.04 Å². The molecule has 2 heterocycles. The van der Waals surface area contributed by atoms with Crippen molar-refractivity contribution in [1.82, 2.24) is 19.8 Å². The third kappa shape index (κ3) is 4.52. The van der Waals surface area contributed by atoms with Gasteiger partial charge < -0.3 is 19.4 Å². The second-order valence-electron chi connectivity index (χ2n) is 6.89. The molecular formula is C22H26N4O2. The van der Waals surface area contributed by atoms with Crippen molar-refractivity contribution in [3.8, 4) is 17.2 Å². The number of nitrogens with zero attached hydrogens (tertiary/aromatic N) is 3. The van der Waals surface area contributed by atoms with Gasteiger partial charge in [0, 0.05) is 45.6 Å². The summed E-state index contributed by atoms with van der Waals surface area (Å²) in [5.41, 5.74) is 0. The van der Waals surface area contributed by atoms with E-state index in [2.05, 4.69) is 19.8 Å². The van der Waals surface area contributed by atoms with Crippen LogP contribution in [0.2, 0.25) is 0 Å². The van der Waals surface area contributed by atoms with Gasteiger partial charge in [-0.25, -0.2) is 4.98 Å². The summed E-state index contributed by atoms with van der Waals surface area (Å²) in [7, 11) is 2.05. The molecule has 6 heteroatoms. The molecule has 4 rings (SSSR count). The summed E-state index contributed by atoms with van der Waals surface area (Å²) in [6.45, 7) is 4.40. The molecule has 0 aliphatic carbocycles. The highest BCUT2D eigenvalue weighted by Crippen LogP contribution is 2.24. The number of rotatable bonds is 7. The fourth-order valence-corrected chi connectivity index (χ4v) is 3.48. The Bertz CT molecular complexity index is 864. The molecule has 1 N–H and O–H groups in total. The maximum atomic E-state index is 5.97. The van der Waals surface area contributed by atoms with Gasteiger partial charge in [-0.15, -0.1) is 0 Å². The van der Waals surface area contributed by atoms with Gasteiger partial charge in [0.25, 0.3) is 0 Å². The lowest BCUT2D eigenvalue weighted by molar-refractivity contribution is 0.127. The average Bonchev–Trinajstić information content (AvgIpc) is 3.16. The van der Waals surface area contributed by atoms with Crippen LogP contribution in [0.4, 0.5) is 0 Å². The minimum Gasteiger partial charge on any atom is -0.492 e. The third-order valence-electron chi connectivity index (χ3n) is 4.96. The predicted octanol–water partition coefficient (Wildman–Crippen LogP) is 3.24. The van der Waals surface area contributed by atoms with Gasteiger partial charge in [-0.3, -0.25) is 4.90 Å². The molecule has 1 saturated heterocycles. The monoisotopic (exact) mass is 378 g/mol. The van der Waals surface area contributed by atoms with Gasteiger partial charge >= 0.3 is 0 Å². The Morgan fingerprint density at radius 1 is 1.04 bits per heavy atom. The summed E-state index contributed by atoms with van der Waals surface area (Å²) in [6, 6.07) is 17.8. The van der Waals surface area contributed by atoms with E-state index in [1.165, 1.54) is 0 Å². The van der Waals surface area contributed by atoms with Crippen molar-refractivity contribution in [2.45, 2.75) is 6.04 Å². The number of nitrogens with one attached hydrogen (secondary N) is 1. The van der Waals surface area contributed by atoms with E-state index < -0.39 is 0 Å². The Labute approximate surface area is 165 Å². The quantitative estimate of drug-likeness (QED) is 0.684. The molecule has 0 bridgehead atoms.